The van der Waals surface area contributed by atoms with Gasteiger partial charge in [-0.25, -0.2) is 5.01 Å². The minimum atomic E-state index is -0.982. The number of carbonyl (C=O) groups excluding carboxylic acids is 3. The van der Waals surface area contributed by atoms with Crippen molar-refractivity contribution in [2.75, 3.05) is 0 Å². The molecule has 0 N–H and O–H groups in total. The van der Waals surface area contributed by atoms with Crippen molar-refractivity contribution in [3.05, 3.63) is 79.9 Å². The van der Waals surface area contributed by atoms with Crippen LogP contribution in [0.5, 0.6) is 0 Å². The molecule has 1 saturated heterocycles. The van der Waals surface area contributed by atoms with Gasteiger partial charge in [0, 0.05) is 25.0 Å². The van der Waals surface area contributed by atoms with E-state index in [0.717, 1.165) is 11.1 Å². The van der Waals surface area contributed by atoms with Crippen molar-refractivity contribution >= 4 is 29.1 Å². The van der Waals surface area contributed by atoms with E-state index in [1.165, 1.54) is 42.5 Å². The number of nitro groups is 2. The van der Waals surface area contributed by atoms with Crippen molar-refractivity contribution in [1.82, 2.24) is 10.0 Å². The lowest BCUT2D eigenvalue weighted by Gasteiger charge is -2.35. The van der Waals surface area contributed by atoms with Gasteiger partial charge in [0.2, 0.25) is 11.8 Å². The molecule has 0 saturated carbocycles. The summed E-state index contributed by atoms with van der Waals surface area (Å²) in [6.07, 6.45) is 0.319. The third kappa shape index (κ3) is 3.99. The van der Waals surface area contributed by atoms with Crippen molar-refractivity contribution in [2.24, 2.45) is 0 Å². The van der Waals surface area contributed by atoms with Crippen LogP contribution in [0, 0.1) is 20.2 Å². The van der Waals surface area contributed by atoms with E-state index >= 15 is 0 Å². The summed E-state index contributed by atoms with van der Waals surface area (Å²) >= 11 is 0. The molecular formula is C19H16N4O7. The van der Waals surface area contributed by atoms with Crippen LogP contribution < -0.4 is 0 Å². The summed E-state index contributed by atoms with van der Waals surface area (Å²) in [4.78, 5) is 59.5. The van der Waals surface area contributed by atoms with E-state index in [2.05, 4.69) is 0 Å². The summed E-state index contributed by atoms with van der Waals surface area (Å²) in [5, 5.41) is 24.1. The summed E-state index contributed by atoms with van der Waals surface area (Å²) < 4.78 is 0. The normalized spacial score (nSPS) is 13.8. The molecule has 3 rings (SSSR count). The minimum absolute atomic E-state index is 0.00326. The molecule has 154 valence electrons. The smallest absolute Gasteiger partial charge is 0.273 e. The maximum absolute atomic E-state index is 13.3. The van der Waals surface area contributed by atoms with E-state index in [0.29, 0.717) is 11.4 Å². The van der Waals surface area contributed by atoms with Crippen molar-refractivity contribution in [2.45, 2.75) is 25.8 Å². The van der Waals surface area contributed by atoms with Gasteiger partial charge in [-0.2, -0.15) is 5.01 Å². The second kappa shape index (κ2) is 8.47. The number of para-hydroxylation sites is 2. The first-order valence-electron chi connectivity index (χ1n) is 8.94. The maximum Gasteiger partial charge on any atom is 0.282 e. The number of benzene rings is 2. The van der Waals surface area contributed by atoms with Gasteiger partial charge in [0.05, 0.1) is 22.0 Å². The minimum Gasteiger partial charge on any atom is -0.273 e. The fraction of sp³-hybridized carbons (Fsp3) is 0.211. The van der Waals surface area contributed by atoms with Crippen LogP contribution >= 0.6 is 0 Å². The van der Waals surface area contributed by atoms with Gasteiger partial charge >= 0.3 is 0 Å². The topological polar surface area (TPSA) is 144 Å². The Kier molecular flexibility index (Phi) is 5.81. The van der Waals surface area contributed by atoms with E-state index in [4.69, 9.17) is 0 Å². The molecule has 2 aromatic rings. The number of imide groups is 1. The lowest BCUT2D eigenvalue weighted by molar-refractivity contribution is -0.385. The third-order valence-electron chi connectivity index (χ3n) is 4.57. The van der Waals surface area contributed by atoms with Gasteiger partial charge in [0.25, 0.3) is 17.3 Å². The number of piperidine rings is 1. The number of nitrogens with zero attached hydrogens (tertiary/aromatic N) is 4. The highest BCUT2D eigenvalue weighted by Crippen LogP contribution is 2.27. The van der Waals surface area contributed by atoms with Gasteiger partial charge in [-0.15, -0.1) is 0 Å². The van der Waals surface area contributed by atoms with Crippen LogP contribution in [0.15, 0.2) is 48.5 Å². The molecule has 0 bridgehead atoms. The number of hydrazine groups is 1. The van der Waals surface area contributed by atoms with Crippen LogP contribution in [0.2, 0.25) is 0 Å². The molecule has 3 amide bonds. The first kappa shape index (κ1) is 20.6. The molecule has 0 atom stereocenters. The number of carbonyl (C=O) groups is 3. The molecule has 0 aliphatic carbocycles. The van der Waals surface area contributed by atoms with Crippen LogP contribution in [-0.4, -0.2) is 37.6 Å². The zero-order valence-corrected chi connectivity index (χ0v) is 15.6. The quantitative estimate of drug-likeness (QED) is 0.403. The Morgan fingerprint density at radius 2 is 1.43 bits per heavy atom. The Morgan fingerprint density at radius 1 is 0.900 bits per heavy atom. The molecule has 1 fully saturated rings. The highest BCUT2D eigenvalue weighted by molar-refractivity contribution is 6.04. The average molecular weight is 412 g/mol. The second-order valence-corrected chi connectivity index (χ2v) is 6.48. The molecule has 1 aliphatic rings. The van der Waals surface area contributed by atoms with E-state index in [9.17, 15) is 34.6 Å². The van der Waals surface area contributed by atoms with Crippen LogP contribution in [0.3, 0.4) is 0 Å². The number of amides is 3. The molecule has 1 aliphatic heterocycles. The standard InChI is InChI=1S/C19H16N4O7/c24-17-10-5-11-18(25)21(17)20(12-13-6-1-3-8-15(13)22(27)28)19(26)14-7-2-4-9-16(14)23(29)30/h1-4,6-9H,5,10-12H2. The molecule has 0 radical (unpaired) electrons. The molecule has 11 nitrogen and oxygen atoms in total. The Morgan fingerprint density at radius 3 is 2.03 bits per heavy atom. The number of hydrogen-bond donors (Lipinski definition) is 0. The van der Waals surface area contributed by atoms with E-state index in [1.54, 1.807) is 0 Å². The zero-order chi connectivity index (χ0) is 21.8. The van der Waals surface area contributed by atoms with E-state index < -0.39 is 39.8 Å². The highest BCUT2D eigenvalue weighted by atomic mass is 16.6. The Labute approximate surface area is 169 Å². The zero-order valence-electron chi connectivity index (χ0n) is 15.6. The molecule has 0 unspecified atom stereocenters. The maximum atomic E-state index is 13.3. The SMILES string of the molecule is O=C(c1ccccc1[N+](=O)[O-])N(Cc1ccccc1[N+](=O)[O-])N1C(=O)CCCC1=O. The van der Waals surface area contributed by atoms with Crippen LogP contribution in [0.1, 0.15) is 35.2 Å². The van der Waals surface area contributed by atoms with Crippen molar-refractivity contribution in [1.29, 1.82) is 0 Å². The van der Waals surface area contributed by atoms with Crippen molar-refractivity contribution in [3.8, 4) is 0 Å². The van der Waals surface area contributed by atoms with Crippen LogP contribution in [-0.2, 0) is 16.1 Å². The largest absolute Gasteiger partial charge is 0.282 e. The lowest BCUT2D eigenvalue weighted by atomic mass is 10.1. The molecule has 0 aromatic heterocycles. The molecule has 30 heavy (non-hydrogen) atoms. The monoisotopic (exact) mass is 412 g/mol. The molecule has 1 heterocycles. The van der Waals surface area contributed by atoms with Gasteiger partial charge < -0.3 is 0 Å². The van der Waals surface area contributed by atoms with Gasteiger partial charge in [-0.1, -0.05) is 30.3 Å². The number of rotatable bonds is 6. The van der Waals surface area contributed by atoms with Gasteiger partial charge in [0.15, 0.2) is 0 Å². The first-order valence-corrected chi connectivity index (χ1v) is 8.94. The fourth-order valence-corrected chi connectivity index (χ4v) is 3.18. The van der Waals surface area contributed by atoms with Gasteiger partial charge in [-0.05, 0) is 12.5 Å². The summed E-state index contributed by atoms with van der Waals surface area (Å²) in [6, 6.07) is 10.7. The van der Waals surface area contributed by atoms with Crippen LogP contribution in [0.25, 0.3) is 0 Å². The average Bonchev–Trinajstić information content (AvgIpc) is 2.72. The Hall–Kier alpha value is -4.15. The lowest BCUT2D eigenvalue weighted by Crippen LogP contribution is -2.54. The van der Waals surface area contributed by atoms with Crippen molar-refractivity contribution in [3.63, 3.8) is 0 Å². The fourth-order valence-electron chi connectivity index (χ4n) is 3.18. The predicted molar refractivity (Wildman–Crippen MR) is 102 cm³/mol. The van der Waals surface area contributed by atoms with E-state index in [1.807, 2.05) is 0 Å². The summed E-state index contributed by atoms with van der Waals surface area (Å²) in [6.45, 7) is -0.487. The van der Waals surface area contributed by atoms with Gasteiger partial charge in [0.1, 0.15) is 5.56 Å². The second-order valence-electron chi connectivity index (χ2n) is 6.48. The Bertz CT molecular complexity index is 1040. The van der Waals surface area contributed by atoms with Crippen LogP contribution in [0.4, 0.5) is 11.4 Å². The third-order valence-corrected chi connectivity index (χ3v) is 4.57. The summed E-state index contributed by atoms with van der Waals surface area (Å²) in [7, 11) is 0. The molecular weight excluding hydrogens is 396 g/mol. The summed E-state index contributed by atoms with van der Waals surface area (Å²) in [5.74, 6) is -2.29. The highest BCUT2D eigenvalue weighted by Gasteiger charge is 2.37. The Balaban J connectivity index is 2.10. The van der Waals surface area contributed by atoms with Gasteiger partial charge in [-0.3, -0.25) is 34.6 Å². The predicted octanol–water partition coefficient (Wildman–Crippen LogP) is 2.60. The van der Waals surface area contributed by atoms with Crippen molar-refractivity contribution < 1.29 is 24.2 Å². The first-order chi connectivity index (χ1) is 14.3. The number of nitro benzene ring substituents is 2. The molecule has 2 aromatic carbocycles. The number of hydrogen-bond acceptors (Lipinski definition) is 7. The van der Waals surface area contributed by atoms with E-state index in [-0.39, 0.29) is 29.7 Å². The molecule has 0 spiro atoms. The molecule has 11 heteroatoms. The summed E-state index contributed by atoms with van der Waals surface area (Å²) in [5.41, 5.74) is -1.09.